The first kappa shape index (κ1) is 19.4. The number of pyridine rings is 1. The summed E-state index contributed by atoms with van der Waals surface area (Å²) in [5.74, 6) is -0.274. The van der Waals surface area contributed by atoms with Crippen LogP contribution in [0.1, 0.15) is 26.0 Å². The molecule has 1 saturated carbocycles. The molecule has 1 aliphatic carbocycles. The molecule has 142 valence electrons. The fourth-order valence-electron chi connectivity index (χ4n) is 3.95. The van der Waals surface area contributed by atoms with E-state index in [4.69, 9.17) is 16.3 Å². The Bertz CT molecular complexity index is 865. The van der Waals surface area contributed by atoms with Crippen LogP contribution in [-0.2, 0) is 11.2 Å². The van der Waals surface area contributed by atoms with Crippen molar-refractivity contribution < 1.29 is 19.0 Å². The summed E-state index contributed by atoms with van der Waals surface area (Å²) in [6.45, 7) is 3.65. The van der Waals surface area contributed by atoms with Gasteiger partial charge in [-0.3, -0.25) is 4.79 Å². The van der Waals surface area contributed by atoms with Crippen molar-refractivity contribution in [2.45, 2.75) is 26.7 Å². The predicted octanol–water partition coefficient (Wildman–Crippen LogP) is 5.58. The highest BCUT2D eigenvalue weighted by Gasteiger charge is 2.74. The zero-order valence-electron chi connectivity index (χ0n) is 15.2. The Kier molecular flexibility index (Phi) is 5.24. The van der Waals surface area contributed by atoms with Gasteiger partial charge in [-0.1, -0.05) is 49.7 Å². The molecule has 4 nitrogen and oxygen atoms in total. The summed E-state index contributed by atoms with van der Waals surface area (Å²) >= 11 is 5.36. The van der Waals surface area contributed by atoms with Crippen LogP contribution in [0.3, 0.4) is 0 Å². The molecule has 0 amide bonds. The molecule has 1 heterocycles. The molecule has 0 saturated heterocycles. The lowest BCUT2D eigenvalue weighted by molar-refractivity contribution is -0.145. The maximum absolute atomic E-state index is 13.2. The smallest absolute Gasteiger partial charge is 0.310 e. The molecule has 0 bridgehead atoms. The molecule has 2 aromatic rings. The van der Waals surface area contributed by atoms with E-state index in [0.29, 0.717) is 24.5 Å². The number of nitrogens with zero attached hydrogens (tertiary/aromatic N) is 1. The summed E-state index contributed by atoms with van der Waals surface area (Å²) in [7, 11) is 0. The monoisotopic (exact) mass is 389 g/mol. The Morgan fingerprint density at radius 2 is 1.96 bits per heavy atom. The first-order valence-corrected chi connectivity index (χ1v) is 9.10. The van der Waals surface area contributed by atoms with Gasteiger partial charge in [-0.15, -0.1) is 0 Å². The van der Waals surface area contributed by atoms with E-state index in [2.05, 4.69) is 4.98 Å². The Hall–Kier alpha value is -2.40. The van der Waals surface area contributed by atoms with Crippen LogP contribution in [0.15, 0.2) is 59.9 Å². The number of carboxylic acids is 1. The molecule has 0 unspecified atom stereocenters. The van der Waals surface area contributed by atoms with Crippen LogP contribution >= 0.6 is 11.6 Å². The van der Waals surface area contributed by atoms with E-state index in [0.717, 1.165) is 5.69 Å². The normalized spacial score (nSPS) is 23.7. The average molecular weight is 390 g/mol. The fourth-order valence-corrected chi connectivity index (χ4v) is 4.08. The molecule has 2 atom stereocenters. The molecule has 0 spiro atoms. The molecule has 0 radical (unpaired) electrons. The van der Waals surface area contributed by atoms with Crippen LogP contribution in [0.4, 0.5) is 4.39 Å². The van der Waals surface area contributed by atoms with Gasteiger partial charge in [0.25, 0.3) is 0 Å². The summed E-state index contributed by atoms with van der Waals surface area (Å²) in [5.41, 5.74) is -0.915. The van der Waals surface area contributed by atoms with Gasteiger partial charge in [0.15, 0.2) is 5.29 Å². The van der Waals surface area contributed by atoms with Gasteiger partial charge < -0.3 is 9.84 Å². The van der Waals surface area contributed by atoms with Gasteiger partial charge in [0.1, 0.15) is 5.75 Å². The number of aromatic nitrogens is 1. The number of rotatable bonds is 7. The minimum atomic E-state index is -1.06. The molecule has 1 aromatic heterocycles. The summed E-state index contributed by atoms with van der Waals surface area (Å²) in [6.07, 6.45) is 1.98. The number of aliphatic carboxylic acids is 1. The van der Waals surface area contributed by atoms with Gasteiger partial charge in [0, 0.05) is 17.7 Å². The lowest BCUT2D eigenvalue weighted by Crippen LogP contribution is -2.22. The molecule has 1 fully saturated rings. The second-order valence-electron chi connectivity index (χ2n) is 7.31. The molecule has 3 rings (SSSR count). The van der Waals surface area contributed by atoms with Crippen molar-refractivity contribution in [3.05, 3.63) is 65.6 Å². The van der Waals surface area contributed by atoms with Crippen LogP contribution in [0.2, 0.25) is 0 Å². The summed E-state index contributed by atoms with van der Waals surface area (Å²) in [6, 6.07) is 14.7. The molecular weight excluding hydrogens is 369 g/mol. The number of carbonyl (C=O) groups is 1. The first-order chi connectivity index (χ1) is 12.8. The van der Waals surface area contributed by atoms with Crippen LogP contribution < -0.4 is 4.74 Å². The summed E-state index contributed by atoms with van der Waals surface area (Å²) < 4.78 is 18.9. The first-order valence-electron chi connectivity index (χ1n) is 8.72. The zero-order chi connectivity index (χ0) is 19.7. The van der Waals surface area contributed by atoms with Gasteiger partial charge in [-0.2, -0.15) is 4.39 Å². The highest BCUT2D eigenvalue weighted by Crippen LogP contribution is 2.72. The van der Waals surface area contributed by atoms with Gasteiger partial charge in [-0.05, 0) is 42.5 Å². The van der Waals surface area contributed by atoms with Crippen LogP contribution in [-0.4, -0.2) is 16.1 Å². The third-order valence-electron chi connectivity index (χ3n) is 5.57. The van der Waals surface area contributed by atoms with Crippen LogP contribution in [0.5, 0.6) is 11.6 Å². The Labute approximate surface area is 162 Å². The number of carboxylic acid groups (broad SMARTS) is 1. The Morgan fingerprint density at radius 1 is 1.26 bits per heavy atom. The minimum absolute atomic E-state index is 0.336. The number of aryl methyl sites for hydroxylation is 1. The number of ether oxygens (including phenoxy) is 1. The fraction of sp³-hybridized carbons (Fsp3) is 0.333. The number of hydrogen-bond acceptors (Lipinski definition) is 3. The highest BCUT2D eigenvalue weighted by molar-refractivity contribution is 6.28. The number of allylic oxidation sites excluding steroid dienone is 1. The molecule has 6 heteroatoms. The highest BCUT2D eigenvalue weighted by atomic mass is 35.5. The molecule has 1 N–H and O–H groups in total. The quantitative estimate of drug-likeness (QED) is 0.671. The van der Waals surface area contributed by atoms with Crippen molar-refractivity contribution in [2.24, 2.45) is 16.7 Å². The molecule has 1 aliphatic rings. The van der Waals surface area contributed by atoms with E-state index in [1.165, 1.54) is 6.08 Å². The topological polar surface area (TPSA) is 59.4 Å². The maximum atomic E-state index is 13.2. The van der Waals surface area contributed by atoms with E-state index >= 15 is 0 Å². The summed E-state index contributed by atoms with van der Waals surface area (Å²) in [5, 5.41) is 8.94. The van der Waals surface area contributed by atoms with Crippen molar-refractivity contribution in [3.8, 4) is 11.6 Å². The number of hydrogen-bond donors (Lipinski definition) is 1. The van der Waals surface area contributed by atoms with E-state index in [1.807, 2.05) is 56.3 Å². The standard InChI is InChI=1S/C21H21ClFNO3/c1-20(2)16(13-17(22)23)21(20,19(25)26)12-11-14-7-6-10-18(24-14)27-15-8-4-3-5-9-15/h3-10,13,16H,11-12H2,1-2H3,(H,25,26)/b17-13-/t16-,21-/m0/s1. The molecule has 0 aliphatic heterocycles. The van der Waals surface area contributed by atoms with Crippen molar-refractivity contribution in [1.29, 1.82) is 0 Å². The average Bonchev–Trinajstić information content (AvgIpc) is 3.08. The number of benzene rings is 1. The van der Waals surface area contributed by atoms with Gasteiger partial charge >= 0.3 is 5.97 Å². The molecule has 27 heavy (non-hydrogen) atoms. The van der Waals surface area contributed by atoms with E-state index in [1.54, 1.807) is 6.07 Å². The van der Waals surface area contributed by atoms with Crippen molar-refractivity contribution in [3.63, 3.8) is 0 Å². The minimum Gasteiger partial charge on any atom is -0.481 e. The van der Waals surface area contributed by atoms with Crippen molar-refractivity contribution in [1.82, 2.24) is 4.98 Å². The third kappa shape index (κ3) is 3.69. The van der Waals surface area contributed by atoms with Crippen LogP contribution in [0, 0.1) is 16.7 Å². The SMILES string of the molecule is CC1(C)[C@H](/C=C(\F)Cl)[C@@]1(CCc1cccc(Oc2ccccc2)n1)C(=O)O. The predicted molar refractivity (Wildman–Crippen MR) is 101 cm³/mol. The lowest BCUT2D eigenvalue weighted by atomic mass is 9.90. The summed E-state index contributed by atoms with van der Waals surface area (Å²) in [4.78, 5) is 16.4. The van der Waals surface area contributed by atoms with Gasteiger partial charge in [-0.25, -0.2) is 4.98 Å². The van der Waals surface area contributed by atoms with Crippen molar-refractivity contribution in [2.75, 3.05) is 0 Å². The van der Waals surface area contributed by atoms with Crippen LogP contribution in [0.25, 0.3) is 0 Å². The number of halogens is 2. The second-order valence-corrected chi connectivity index (χ2v) is 7.68. The van der Waals surface area contributed by atoms with E-state index in [9.17, 15) is 14.3 Å². The third-order valence-corrected chi connectivity index (χ3v) is 5.70. The number of para-hydroxylation sites is 1. The van der Waals surface area contributed by atoms with E-state index < -0.39 is 28.0 Å². The van der Waals surface area contributed by atoms with E-state index in [-0.39, 0.29) is 0 Å². The second kappa shape index (κ2) is 7.31. The lowest BCUT2D eigenvalue weighted by Gasteiger charge is -2.15. The van der Waals surface area contributed by atoms with Gasteiger partial charge in [0.2, 0.25) is 5.88 Å². The Balaban J connectivity index is 1.75. The molecular formula is C21H21ClFNO3. The Morgan fingerprint density at radius 3 is 2.59 bits per heavy atom. The van der Waals surface area contributed by atoms with Gasteiger partial charge in [0.05, 0.1) is 5.41 Å². The van der Waals surface area contributed by atoms with Crippen molar-refractivity contribution >= 4 is 17.6 Å². The maximum Gasteiger partial charge on any atom is 0.310 e. The zero-order valence-corrected chi connectivity index (χ0v) is 15.9. The molecule has 1 aromatic carbocycles. The largest absolute Gasteiger partial charge is 0.481 e.